The maximum Gasteiger partial charge on any atom is 0.295 e. The third-order valence-electron chi connectivity index (χ3n) is 5.22. The number of carbonyl (C=O) groups excluding carboxylic acids is 1. The first-order valence-corrected chi connectivity index (χ1v) is 11.7. The SMILES string of the molecule is C#CC=CC=C(C)COc1cc2nc(NCCO)oc2cc1NC(=O)c1cccc(-c2ccc(N)nc2)n1. The third kappa shape index (κ3) is 6.54. The average molecular weight is 511 g/mol. The van der Waals surface area contributed by atoms with Crippen molar-refractivity contribution < 1.29 is 19.1 Å². The number of anilines is 3. The van der Waals surface area contributed by atoms with Crippen LogP contribution in [0.5, 0.6) is 5.75 Å². The zero-order valence-corrected chi connectivity index (χ0v) is 20.6. The molecule has 4 rings (SSSR count). The zero-order valence-electron chi connectivity index (χ0n) is 20.6. The Labute approximate surface area is 219 Å². The molecule has 0 spiro atoms. The molecule has 0 aliphatic carbocycles. The van der Waals surface area contributed by atoms with Crippen molar-refractivity contribution >= 4 is 34.5 Å². The number of aliphatic hydroxyl groups is 1. The number of carbonyl (C=O) groups is 1. The van der Waals surface area contributed by atoms with Crippen molar-refractivity contribution in [1.29, 1.82) is 0 Å². The molecule has 0 aliphatic rings. The molecule has 0 saturated heterocycles. The lowest BCUT2D eigenvalue weighted by molar-refractivity contribution is 0.102. The molecule has 0 fully saturated rings. The van der Waals surface area contributed by atoms with E-state index in [0.29, 0.717) is 34.0 Å². The van der Waals surface area contributed by atoms with E-state index < -0.39 is 5.91 Å². The number of oxazole rings is 1. The van der Waals surface area contributed by atoms with Gasteiger partial charge in [0.15, 0.2) is 5.58 Å². The second-order valence-electron chi connectivity index (χ2n) is 8.15. The number of terminal acetylenes is 1. The Kier molecular flexibility index (Phi) is 8.33. The number of nitrogens with two attached hydrogens (primary N) is 1. The predicted molar refractivity (Wildman–Crippen MR) is 147 cm³/mol. The van der Waals surface area contributed by atoms with Gasteiger partial charge in [-0.25, -0.2) is 9.97 Å². The van der Waals surface area contributed by atoms with Crippen molar-refractivity contribution in [3.05, 3.63) is 78.2 Å². The number of hydrogen-bond donors (Lipinski definition) is 4. The molecule has 192 valence electrons. The number of rotatable bonds is 10. The summed E-state index contributed by atoms with van der Waals surface area (Å²) >= 11 is 0. The smallest absolute Gasteiger partial charge is 0.295 e. The second-order valence-corrected chi connectivity index (χ2v) is 8.15. The predicted octanol–water partition coefficient (Wildman–Crippen LogP) is 4.04. The van der Waals surface area contributed by atoms with E-state index in [1.165, 1.54) is 0 Å². The molecule has 1 amide bonds. The van der Waals surface area contributed by atoms with Crippen molar-refractivity contribution in [3.8, 4) is 29.4 Å². The van der Waals surface area contributed by atoms with Gasteiger partial charge in [0.2, 0.25) is 0 Å². The van der Waals surface area contributed by atoms with Crippen molar-refractivity contribution in [2.24, 2.45) is 0 Å². The van der Waals surface area contributed by atoms with Gasteiger partial charge in [-0.1, -0.05) is 24.1 Å². The van der Waals surface area contributed by atoms with Gasteiger partial charge in [0.05, 0.1) is 18.0 Å². The summed E-state index contributed by atoms with van der Waals surface area (Å²) in [6.07, 6.45) is 12.0. The van der Waals surface area contributed by atoms with Crippen molar-refractivity contribution in [2.75, 3.05) is 36.1 Å². The molecule has 0 aliphatic heterocycles. The van der Waals surface area contributed by atoms with Gasteiger partial charge in [0, 0.05) is 30.4 Å². The minimum Gasteiger partial charge on any atom is -0.487 e. The van der Waals surface area contributed by atoms with E-state index in [-0.39, 0.29) is 31.5 Å². The number of ether oxygens (including phenoxy) is 1. The highest BCUT2D eigenvalue weighted by Crippen LogP contribution is 2.33. The Balaban J connectivity index is 1.62. The van der Waals surface area contributed by atoms with Crippen LogP contribution in [0.1, 0.15) is 17.4 Å². The van der Waals surface area contributed by atoms with E-state index in [1.807, 2.05) is 13.0 Å². The second kappa shape index (κ2) is 12.2. The Morgan fingerprint density at radius 2 is 2.13 bits per heavy atom. The maximum atomic E-state index is 13.2. The van der Waals surface area contributed by atoms with Gasteiger partial charge in [-0.2, -0.15) is 4.98 Å². The molecular weight excluding hydrogens is 484 g/mol. The number of nitrogens with one attached hydrogen (secondary N) is 2. The fraction of sp³-hybridized carbons (Fsp3) is 0.143. The van der Waals surface area contributed by atoms with E-state index >= 15 is 0 Å². The zero-order chi connectivity index (χ0) is 26.9. The van der Waals surface area contributed by atoms with Crippen LogP contribution >= 0.6 is 0 Å². The average Bonchev–Trinajstić information content (AvgIpc) is 3.32. The van der Waals surface area contributed by atoms with Crippen LogP contribution in [-0.2, 0) is 0 Å². The molecule has 0 atom stereocenters. The highest BCUT2D eigenvalue weighted by molar-refractivity contribution is 6.05. The first-order valence-electron chi connectivity index (χ1n) is 11.7. The third-order valence-corrected chi connectivity index (χ3v) is 5.22. The van der Waals surface area contributed by atoms with E-state index in [0.717, 1.165) is 11.1 Å². The Hall–Kier alpha value is -5.14. The molecule has 3 aromatic heterocycles. The molecule has 4 aromatic rings. The van der Waals surface area contributed by atoms with Gasteiger partial charge in [-0.05, 0) is 42.8 Å². The van der Waals surface area contributed by atoms with E-state index in [2.05, 4.69) is 31.5 Å². The van der Waals surface area contributed by atoms with Crippen molar-refractivity contribution in [3.63, 3.8) is 0 Å². The topological polar surface area (TPSA) is 148 Å². The molecule has 3 heterocycles. The monoisotopic (exact) mass is 510 g/mol. The van der Waals surface area contributed by atoms with Crippen LogP contribution in [0.2, 0.25) is 0 Å². The Morgan fingerprint density at radius 3 is 2.89 bits per heavy atom. The van der Waals surface area contributed by atoms with Gasteiger partial charge in [0.25, 0.3) is 11.9 Å². The first-order chi connectivity index (χ1) is 18.5. The standard InChI is InChI=1S/C28H26N6O4/c1-3-4-5-7-18(2)17-37-24-14-23-25(38-28(34-23)30-12-13-35)15-22(24)33-27(36)21-9-6-8-20(32-21)19-10-11-26(29)31-16-19/h1,4-11,14-16,35H,12-13,17H2,2H3,(H2,29,31)(H,30,34)(H,33,36). The summed E-state index contributed by atoms with van der Waals surface area (Å²) in [5, 5.41) is 14.8. The van der Waals surface area contributed by atoms with Crippen molar-refractivity contribution in [2.45, 2.75) is 6.92 Å². The molecular formula is C28H26N6O4. The minimum atomic E-state index is -0.443. The summed E-state index contributed by atoms with van der Waals surface area (Å²) in [5.74, 6) is 2.77. The van der Waals surface area contributed by atoms with Crippen LogP contribution in [0.25, 0.3) is 22.4 Å². The summed E-state index contributed by atoms with van der Waals surface area (Å²) in [4.78, 5) is 26.1. The van der Waals surface area contributed by atoms with Crippen molar-refractivity contribution in [1.82, 2.24) is 15.0 Å². The van der Waals surface area contributed by atoms with Gasteiger partial charge < -0.3 is 30.6 Å². The van der Waals surface area contributed by atoms with Crippen LogP contribution in [0.3, 0.4) is 0 Å². The summed E-state index contributed by atoms with van der Waals surface area (Å²) in [6, 6.07) is 12.1. The fourth-order valence-electron chi connectivity index (χ4n) is 3.38. The lowest BCUT2D eigenvalue weighted by Crippen LogP contribution is -2.15. The number of aromatic nitrogens is 3. The first kappa shape index (κ1) is 25.9. The lowest BCUT2D eigenvalue weighted by atomic mass is 10.1. The number of hydrogen-bond acceptors (Lipinski definition) is 9. The largest absolute Gasteiger partial charge is 0.487 e. The number of aliphatic hydroxyl groups excluding tert-OH is 1. The van der Waals surface area contributed by atoms with Gasteiger partial charge in [0.1, 0.15) is 29.4 Å². The van der Waals surface area contributed by atoms with E-state index in [4.69, 9.17) is 26.4 Å². The summed E-state index contributed by atoms with van der Waals surface area (Å²) in [7, 11) is 0. The number of benzene rings is 1. The molecule has 38 heavy (non-hydrogen) atoms. The summed E-state index contributed by atoms with van der Waals surface area (Å²) in [6.45, 7) is 2.34. The Bertz CT molecular complexity index is 1530. The molecule has 10 heteroatoms. The number of allylic oxidation sites excluding steroid dienone is 3. The number of pyridine rings is 2. The lowest BCUT2D eigenvalue weighted by Gasteiger charge is -2.13. The molecule has 10 nitrogen and oxygen atoms in total. The maximum absolute atomic E-state index is 13.2. The van der Waals surface area contributed by atoms with Crippen LogP contribution < -0.4 is 21.1 Å². The fourth-order valence-corrected chi connectivity index (χ4v) is 3.38. The quantitative estimate of drug-likeness (QED) is 0.183. The molecule has 5 N–H and O–H groups in total. The van der Waals surface area contributed by atoms with Gasteiger partial charge in [-0.3, -0.25) is 4.79 Å². The highest BCUT2D eigenvalue weighted by Gasteiger charge is 2.17. The van der Waals surface area contributed by atoms with Crippen LogP contribution in [-0.4, -0.2) is 45.7 Å². The molecule has 1 aromatic carbocycles. The Morgan fingerprint density at radius 1 is 1.26 bits per heavy atom. The molecule has 0 saturated carbocycles. The van der Waals surface area contributed by atoms with Gasteiger partial charge in [-0.15, -0.1) is 6.42 Å². The molecule has 0 bridgehead atoms. The van der Waals surface area contributed by atoms with E-state index in [1.54, 1.807) is 60.8 Å². The minimum absolute atomic E-state index is 0.0768. The molecule has 0 radical (unpaired) electrons. The van der Waals surface area contributed by atoms with Crippen LogP contribution in [0.15, 0.2) is 76.9 Å². The number of nitrogen functional groups attached to an aromatic ring is 1. The number of fused-ring (bicyclic) bond motifs is 1. The normalized spacial score (nSPS) is 11.4. The highest BCUT2D eigenvalue weighted by atomic mass is 16.5. The number of nitrogens with zero attached hydrogens (tertiary/aromatic N) is 3. The summed E-state index contributed by atoms with van der Waals surface area (Å²) in [5.41, 5.74) is 9.40. The van der Waals surface area contributed by atoms with Crippen LogP contribution in [0.4, 0.5) is 17.5 Å². The van der Waals surface area contributed by atoms with E-state index in [9.17, 15) is 4.79 Å². The van der Waals surface area contributed by atoms with Gasteiger partial charge >= 0.3 is 0 Å². The summed E-state index contributed by atoms with van der Waals surface area (Å²) < 4.78 is 11.7. The van der Waals surface area contributed by atoms with Crippen LogP contribution in [0, 0.1) is 12.3 Å². The molecule has 0 unspecified atom stereocenters. The number of amides is 1.